The Balaban J connectivity index is 1.36. The summed E-state index contributed by atoms with van der Waals surface area (Å²) in [7, 11) is 1.63. The monoisotopic (exact) mass is 452 g/mol. The number of rotatable bonds is 6. The largest absolute Gasteiger partial charge is 0.369 e. The summed E-state index contributed by atoms with van der Waals surface area (Å²) in [5.74, 6) is 0.666. The molecule has 0 bridgehead atoms. The quantitative estimate of drug-likeness (QED) is 0.413. The molecule has 4 aromatic rings. The Morgan fingerprint density at radius 1 is 1.12 bits per heavy atom. The zero-order valence-corrected chi connectivity index (χ0v) is 18.9. The topological polar surface area (TPSA) is 109 Å². The highest BCUT2D eigenvalue weighted by Gasteiger charge is 2.19. The van der Waals surface area contributed by atoms with Crippen LogP contribution in [0.3, 0.4) is 0 Å². The number of aromatic nitrogens is 3. The first-order chi connectivity index (χ1) is 16.5. The minimum Gasteiger partial charge on any atom is -0.369 e. The van der Waals surface area contributed by atoms with E-state index < -0.39 is 0 Å². The minimum atomic E-state index is -0.129. The molecule has 5 rings (SSSR count). The summed E-state index contributed by atoms with van der Waals surface area (Å²) in [4.78, 5) is 37.4. The number of hydrogen-bond acceptors (Lipinski definition) is 6. The fraction of sp³-hybridized carbons (Fsp3) is 0.192. The molecule has 1 aliphatic rings. The van der Waals surface area contributed by atoms with Gasteiger partial charge in [-0.15, -0.1) is 0 Å². The number of amides is 2. The molecular weight excluding hydrogens is 428 g/mol. The van der Waals surface area contributed by atoms with Crippen molar-refractivity contribution in [2.24, 2.45) is 0 Å². The summed E-state index contributed by atoms with van der Waals surface area (Å²) in [5.41, 5.74) is 5.91. The Kier molecular flexibility index (Phi) is 5.63. The van der Waals surface area contributed by atoms with Crippen molar-refractivity contribution in [3.05, 3.63) is 83.3 Å². The molecule has 1 atom stereocenters. The SMILES string of the molecule is CNC(=O)c1ccnc2c([C@H](C)CNc3cc(-c4ccc5c(c4)CNC5=O)ncn3)cccc12. The normalized spacial score (nSPS) is 13.3. The predicted octanol–water partition coefficient (Wildman–Crippen LogP) is 3.51. The highest BCUT2D eigenvalue weighted by Crippen LogP contribution is 2.28. The summed E-state index contributed by atoms with van der Waals surface area (Å²) in [5, 5.41) is 9.76. The van der Waals surface area contributed by atoms with Gasteiger partial charge in [-0.2, -0.15) is 0 Å². The maximum atomic E-state index is 12.3. The zero-order valence-electron chi connectivity index (χ0n) is 18.9. The Hall–Kier alpha value is -4.33. The molecule has 2 aromatic carbocycles. The van der Waals surface area contributed by atoms with E-state index in [-0.39, 0.29) is 17.7 Å². The molecule has 0 aliphatic carbocycles. The van der Waals surface area contributed by atoms with E-state index in [0.717, 1.165) is 33.3 Å². The molecule has 34 heavy (non-hydrogen) atoms. The van der Waals surface area contributed by atoms with Crippen LogP contribution in [-0.4, -0.2) is 40.4 Å². The third-order valence-corrected chi connectivity index (χ3v) is 6.15. The fourth-order valence-electron chi connectivity index (χ4n) is 4.30. The van der Waals surface area contributed by atoms with Gasteiger partial charge in [-0.25, -0.2) is 9.97 Å². The highest BCUT2D eigenvalue weighted by atomic mass is 16.2. The molecule has 3 heterocycles. The van der Waals surface area contributed by atoms with Gasteiger partial charge in [0.2, 0.25) is 0 Å². The van der Waals surface area contributed by atoms with Gasteiger partial charge >= 0.3 is 0 Å². The van der Waals surface area contributed by atoms with Crippen LogP contribution in [-0.2, 0) is 6.54 Å². The van der Waals surface area contributed by atoms with E-state index >= 15 is 0 Å². The molecule has 3 N–H and O–H groups in total. The summed E-state index contributed by atoms with van der Waals surface area (Å²) in [6.45, 7) is 3.28. The van der Waals surface area contributed by atoms with Crippen molar-refractivity contribution < 1.29 is 9.59 Å². The molecule has 2 aromatic heterocycles. The number of hydrogen-bond donors (Lipinski definition) is 3. The van der Waals surface area contributed by atoms with Crippen LogP contribution in [0.15, 0.2) is 61.1 Å². The van der Waals surface area contributed by atoms with E-state index in [1.807, 2.05) is 42.5 Å². The summed E-state index contributed by atoms with van der Waals surface area (Å²) in [6, 6.07) is 15.3. The van der Waals surface area contributed by atoms with Crippen LogP contribution in [0.5, 0.6) is 0 Å². The standard InChI is InChI=1S/C26H24N6O2/c1-15(18-4-3-5-20-21(25(33)27-2)8-9-28-24(18)20)12-29-23-11-22(31-14-32-23)16-6-7-19-17(10-16)13-30-26(19)34/h3-11,14-15H,12-13H2,1-2H3,(H,27,33)(H,30,34)(H,29,31,32)/t15-/m1/s1. The van der Waals surface area contributed by atoms with E-state index in [4.69, 9.17) is 0 Å². The van der Waals surface area contributed by atoms with Crippen molar-refractivity contribution in [3.63, 3.8) is 0 Å². The number of benzene rings is 2. The second-order valence-electron chi connectivity index (χ2n) is 8.31. The van der Waals surface area contributed by atoms with E-state index in [0.29, 0.717) is 30.0 Å². The first-order valence-electron chi connectivity index (χ1n) is 11.1. The Morgan fingerprint density at radius 3 is 2.85 bits per heavy atom. The highest BCUT2D eigenvalue weighted by molar-refractivity contribution is 6.06. The lowest BCUT2D eigenvalue weighted by atomic mass is 9.96. The third-order valence-electron chi connectivity index (χ3n) is 6.15. The average Bonchev–Trinajstić information content (AvgIpc) is 3.26. The van der Waals surface area contributed by atoms with E-state index in [1.54, 1.807) is 19.3 Å². The van der Waals surface area contributed by atoms with Crippen molar-refractivity contribution in [3.8, 4) is 11.3 Å². The maximum absolute atomic E-state index is 12.3. The second kappa shape index (κ2) is 8.90. The van der Waals surface area contributed by atoms with Gasteiger partial charge in [-0.1, -0.05) is 31.2 Å². The summed E-state index contributed by atoms with van der Waals surface area (Å²) >= 11 is 0. The van der Waals surface area contributed by atoms with Crippen LogP contribution in [0.4, 0.5) is 5.82 Å². The Morgan fingerprint density at radius 2 is 2.00 bits per heavy atom. The maximum Gasteiger partial charge on any atom is 0.251 e. The van der Waals surface area contributed by atoms with Crippen LogP contribution >= 0.6 is 0 Å². The van der Waals surface area contributed by atoms with Gasteiger partial charge in [-0.05, 0) is 29.3 Å². The van der Waals surface area contributed by atoms with E-state index in [9.17, 15) is 9.59 Å². The van der Waals surface area contributed by atoms with Gasteiger partial charge in [0.15, 0.2) is 0 Å². The summed E-state index contributed by atoms with van der Waals surface area (Å²) in [6.07, 6.45) is 3.21. The van der Waals surface area contributed by atoms with Gasteiger partial charge in [-0.3, -0.25) is 14.6 Å². The van der Waals surface area contributed by atoms with Gasteiger partial charge in [0.1, 0.15) is 12.1 Å². The number of para-hydroxylation sites is 1. The number of nitrogens with zero attached hydrogens (tertiary/aromatic N) is 3. The molecule has 1 aliphatic heterocycles. The van der Waals surface area contributed by atoms with Crippen molar-refractivity contribution in [2.45, 2.75) is 19.4 Å². The number of anilines is 1. The van der Waals surface area contributed by atoms with Crippen LogP contribution in [0.1, 0.15) is 44.7 Å². The van der Waals surface area contributed by atoms with Crippen molar-refractivity contribution in [1.82, 2.24) is 25.6 Å². The molecule has 0 unspecified atom stereocenters. The molecular formula is C26H24N6O2. The number of nitrogens with one attached hydrogen (secondary N) is 3. The van der Waals surface area contributed by atoms with Crippen LogP contribution in [0.25, 0.3) is 22.2 Å². The lowest BCUT2D eigenvalue weighted by Gasteiger charge is -2.16. The zero-order chi connectivity index (χ0) is 23.7. The van der Waals surface area contributed by atoms with Gasteiger partial charge < -0.3 is 16.0 Å². The molecule has 0 radical (unpaired) electrons. The molecule has 0 saturated heterocycles. The predicted molar refractivity (Wildman–Crippen MR) is 131 cm³/mol. The smallest absolute Gasteiger partial charge is 0.251 e. The molecule has 0 fully saturated rings. The second-order valence-corrected chi connectivity index (χ2v) is 8.31. The molecule has 8 heteroatoms. The van der Waals surface area contributed by atoms with Crippen LogP contribution < -0.4 is 16.0 Å². The van der Waals surface area contributed by atoms with Crippen molar-refractivity contribution >= 4 is 28.5 Å². The molecule has 0 saturated carbocycles. The molecule has 0 spiro atoms. The molecule has 2 amide bonds. The number of carbonyl (C=O) groups is 2. The Bertz CT molecular complexity index is 1420. The van der Waals surface area contributed by atoms with Crippen molar-refractivity contribution in [1.29, 1.82) is 0 Å². The first kappa shape index (κ1) is 21.5. The molecule has 8 nitrogen and oxygen atoms in total. The number of fused-ring (bicyclic) bond motifs is 2. The first-order valence-corrected chi connectivity index (χ1v) is 11.1. The van der Waals surface area contributed by atoms with Crippen LogP contribution in [0.2, 0.25) is 0 Å². The number of pyridine rings is 1. The average molecular weight is 453 g/mol. The van der Waals surface area contributed by atoms with E-state index in [2.05, 4.69) is 37.8 Å². The van der Waals surface area contributed by atoms with Crippen molar-refractivity contribution in [2.75, 3.05) is 18.9 Å². The van der Waals surface area contributed by atoms with E-state index in [1.165, 1.54) is 6.33 Å². The Labute approximate surface area is 196 Å². The molecule has 170 valence electrons. The van der Waals surface area contributed by atoms with Gasteiger partial charge in [0, 0.05) is 54.8 Å². The number of carbonyl (C=O) groups excluding carboxylic acids is 2. The lowest BCUT2D eigenvalue weighted by molar-refractivity contribution is 0.0957. The third kappa shape index (κ3) is 3.94. The lowest BCUT2D eigenvalue weighted by Crippen LogP contribution is -2.18. The van der Waals surface area contributed by atoms with Gasteiger partial charge in [0.25, 0.3) is 11.8 Å². The van der Waals surface area contributed by atoms with Crippen LogP contribution in [0, 0.1) is 0 Å². The minimum absolute atomic E-state index is 0.0362. The van der Waals surface area contributed by atoms with Gasteiger partial charge in [0.05, 0.1) is 16.8 Å². The summed E-state index contributed by atoms with van der Waals surface area (Å²) < 4.78 is 0. The fourth-order valence-corrected chi connectivity index (χ4v) is 4.30.